The molecule has 0 spiro atoms. The molecule has 1 saturated heterocycles. The molecular formula is C33H49NO7. The van der Waals surface area contributed by atoms with Crippen LogP contribution >= 0.6 is 0 Å². The summed E-state index contributed by atoms with van der Waals surface area (Å²) in [5.41, 5.74) is 1.64. The summed E-state index contributed by atoms with van der Waals surface area (Å²) in [6, 6.07) is 3.71. The minimum Gasteiger partial charge on any atom is -0.389 e. The second-order valence-electron chi connectivity index (χ2n) is 14.2. The van der Waals surface area contributed by atoms with Crippen LogP contribution in [0.25, 0.3) is 0 Å². The summed E-state index contributed by atoms with van der Waals surface area (Å²) in [5, 5.41) is 43.3. The number of fused-ring (bicyclic) bond motifs is 5. The average Bonchev–Trinajstić information content (AvgIpc) is 3.23. The number of pyridine rings is 1. The summed E-state index contributed by atoms with van der Waals surface area (Å²) in [4.78, 5) is 12.4. The van der Waals surface area contributed by atoms with Gasteiger partial charge in [-0.1, -0.05) is 38.5 Å². The second-order valence-corrected chi connectivity index (χ2v) is 14.2. The molecule has 228 valence electrons. The van der Waals surface area contributed by atoms with E-state index in [0.29, 0.717) is 5.92 Å². The van der Waals surface area contributed by atoms with Crippen molar-refractivity contribution in [1.82, 2.24) is 4.57 Å². The summed E-state index contributed by atoms with van der Waals surface area (Å²) < 4.78 is 13.7. The molecule has 12 atom stereocenters. The van der Waals surface area contributed by atoms with Gasteiger partial charge in [0.25, 0.3) is 5.56 Å². The van der Waals surface area contributed by atoms with Crippen molar-refractivity contribution in [2.45, 2.75) is 140 Å². The van der Waals surface area contributed by atoms with Crippen LogP contribution in [-0.4, -0.2) is 67.4 Å². The van der Waals surface area contributed by atoms with Crippen LogP contribution in [0.3, 0.4) is 0 Å². The van der Waals surface area contributed by atoms with Gasteiger partial charge in [0.2, 0.25) is 0 Å². The Morgan fingerprint density at radius 1 is 1.00 bits per heavy atom. The monoisotopic (exact) mass is 571 g/mol. The second kappa shape index (κ2) is 10.6. The maximum atomic E-state index is 12.6. The molecule has 0 aromatic carbocycles. The molecule has 0 amide bonds. The first-order valence-electron chi connectivity index (χ1n) is 15.9. The molecule has 41 heavy (non-hydrogen) atoms. The van der Waals surface area contributed by atoms with Crippen LogP contribution in [0.4, 0.5) is 0 Å². The molecule has 1 aliphatic heterocycles. The van der Waals surface area contributed by atoms with E-state index in [2.05, 4.69) is 33.0 Å². The van der Waals surface area contributed by atoms with E-state index in [-0.39, 0.29) is 34.3 Å². The Hall–Kier alpha value is -1.55. The Balaban J connectivity index is 1.21. The standard InChI is InChI=1S/C33H49NO7/c1-5-16-34-18-20(6-9-26(34)35)23-12-15-33(39)25-8-7-21-17-22(41-30-29(38)28(37)27(36)19(2)40-30)10-13-31(21,3)24(25)11-14-32(23,33)4/h6,9,17-19,22-25,27-30,36-39H,5,7-8,10-16H2,1-4H3/t19-,22-,23+,24-,25+,27-,28+,29+,30-,31-,32+,33-/m0/s1. The SMILES string of the molecule is CCCn1cc([C@H]2CC[C@]3(O)[C@@H]4CCC5=C[C@@H](O[C@@H]6O[C@@H](C)[C@H](O)[C@@H](O)[C@H]6O)CC[C@]5(C)[C@H]4CC[C@]23C)ccc1=O. The third-order valence-corrected chi connectivity index (χ3v) is 12.2. The number of aliphatic hydroxyl groups is 4. The van der Waals surface area contributed by atoms with Gasteiger partial charge in [-0.15, -0.1) is 0 Å². The number of rotatable bonds is 5. The number of hydrogen-bond donors (Lipinski definition) is 4. The smallest absolute Gasteiger partial charge is 0.250 e. The first-order chi connectivity index (χ1) is 19.4. The fourth-order valence-electron chi connectivity index (χ4n) is 9.78. The van der Waals surface area contributed by atoms with Crippen LogP contribution in [0, 0.1) is 22.7 Å². The molecule has 1 aromatic rings. The van der Waals surface area contributed by atoms with Gasteiger partial charge in [-0.05, 0) is 93.4 Å². The van der Waals surface area contributed by atoms with Crippen molar-refractivity contribution in [3.8, 4) is 0 Å². The summed E-state index contributed by atoms with van der Waals surface area (Å²) in [6.07, 6.45) is 6.94. The highest BCUT2D eigenvalue weighted by atomic mass is 16.7. The van der Waals surface area contributed by atoms with Gasteiger partial charge in [0.15, 0.2) is 6.29 Å². The lowest BCUT2D eigenvalue weighted by molar-refractivity contribution is -0.301. The van der Waals surface area contributed by atoms with Gasteiger partial charge in [0.1, 0.15) is 18.3 Å². The van der Waals surface area contributed by atoms with Gasteiger partial charge in [0, 0.05) is 24.2 Å². The lowest BCUT2D eigenvalue weighted by atomic mass is 9.45. The first kappa shape index (κ1) is 29.5. The third kappa shape index (κ3) is 4.51. The highest BCUT2D eigenvalue weighted by Crippen LogP contribution is 2.70. The van der Waals surface area contributed by atoms with Gasteiger partial charge in [-0.2, -0.15) is 0 Å². The van der Waals surface area contributed by atoms with Crippen molar-refractivity contribution in [3.05, 3.63) is 45.9 Å². The van der Waals surface area contributed by atoms with Crippen molar-refractivity contribution in [1.29, 1.82) is 0 Å². The number of ether oxygens (including phenoxy) is 2. The van der Waals surface area contributed by atoms with Crippen molar-refractivity contribution in [2.24, 2.45) is 22.7 Å². The molecule has 8 nitrogen and oxygen atoms in total. The number of aromatic nitrogens is 1. The van der Waals surface area contributed by atoms with E-state index in [0.717, 1.165) is 64.3 Å². The Morgan fingerprint density at radius 2 is 1.78 bits per heavy atom. The van der Waals surface area contributed by atoms with E-state index in [1.165, 1.54) is 11.1 Å². The number of allylic oxidation sites excluding steroid dienone is 1. The summed E-state index contributed by atoms with van der Waals surface area (Å²) in [5.74, 6) is 0.862. The predicted octanol–water partition coefficient (Wildman–Crippen LogP) is 3.63. The van der Waals surface area contributed by atoms with Crippen LogP contribution in [-0.2, 0) is 16.0 Å². The molecule has 3 saturated carbocycles. The lowest BCUT2D eigenvalue weighted by Gasteiger charge is -2.62. The number of nitrogens with zero attached hydrogens (tertiary/aromatic N) is 1. The van der Waals surface area contributed by atoms with Crippen molar-refractivity contribution in [3.63, 3.8) is 0 Å². The largest absolute Gasteiger partial charge is 0.389 e. The molecule has 4 aliphatic carbocycles. The average molecular weight is 572 g/mol. The van der Waals surface area contributed by atoms with E-state index in [1.807, 2.05) is 10.6 Å². The van der Waals surface area contributed by atoms with E-state index in [1.54, 1.807) is 13.0 Å². The topological polar surface area (TPSA) is 121 Å². The number of aliphatic hydroxyl groups excluding tert-OH is 3. The summed E-state index contributed by atoms with van der Waals surface area (Å²) in [7, 11) is 0. The first-order valence-corrected chi connectivity index (χ1v) is 15.9. The van der Waals surface area contributed by atoms with Crippen LogP contribution in [0.5, 0.6) is 0 Å². The van der Waals surface area contributed by atoms with Gasteiger partial charge in [-0.25, -0.2) is 0 Å². The summed E-state index contributed by atoms with van der Waals surface area (Å²) >= 11 is 0. The van der Waals surface area contributed by atoms with Gasteiger partial charge in [0.05, 0.1) is 17.8 Å². The summed E-state index contributed by atoms with van der Waals surface area (Å²) in [6.45, 7) is 9.15. The van der Waals surface area contributed by atoms with Gasteiger partial charge in [-0.3, -0.25) is 4.79 Å². The third-order valence-electron chi connectivity index (χ3n) is 12.2. The zero-order valence-corrected chi connectivity index (χ0v) is 25.0. The molecule has 2 heterocycles. The van der Waals surface area contributed by atoms with Gasteiger partial charge >= 0.3 is 0 Å². The predicted molar refractivity (Wildman–Crippen MR) is 154 cm³/mol. The molecule has 1 aromatic heterocycles. The van der Waals surface area contributed by atoms with Crippen LogP contribution < -0.4 is 5.56 Å². The maximum Gasteiger partial charge on any atom is 0.250 e. The normalized spacial score (nSPS) is 47.7. The minimum absolute atomic E-state index is 0.0126. The Kier molecular flexibility index (Phi) is 7.61. The van der Waals surface area contributed by atoms with Crippen molar-refractivity contribution >= 4 is 0 Å². The minimum atomic E-state index is -1.30. The van der Waals surface area contributed by atoms with Crippen LogP contribution in [0.2, 0.25) is 0 Å². The van der Waals surface area contributed by atoms with E-state index in [4.69, 9.17) is 9.47 Å². The van der Waals surface area contributed by atoms with Crippen LogP contribution in [0.15, 0.2) is 34.8 Å². The van der Waals surface area contributed by atoms with Gasteiger partial charge < -0.3 is 34.5 Å². The zero-order valence-electron chi connectivity index (χ0n) is 25.0. The lowest BCUT2D eigenvalue weighted by Crippen LogP contribution is -2.60. The molecule has 0 radical (unpaired) electrons. The van der Waals surface area contributed by atoms with E-state index >= 15 is 0 Å². The molecule has 0 unspecified atom stereocenters. The maximum absolute atomic E-state index is 12.6. The van der Waals surface area contributed by atoms with Crippen LogP contribution in [0.1, 0.15) is 97.0 Å². The molecule has 4 N–H and O–H groups in total. The molecular weight excluding hydrogens is 522 g/mol. The highest BCUT2D eigenvalue weighted by Gasteiger charge is 2.66. The Bertz CT molecular complexity index is 1230. The molecule has 0 bridgehead atoms. The van der Waals surface area contributed by atoms with Crippen molar-refractivity contribution < 1.29 is 29.9 Å². The molecule has 8 heteroatoms. The quantitative estimate of drug-likeness (QED) is 0.398. The highest BCUT2D eigenvalue weighted by molar-refractivity contribution is 5.31. The number of aryl methyl sites for hydroxylation is 1. The zero-order chi connectivity index (χ0) is 29.3. The fraction of sp³-hybridized carbons (Fsp3) is 0.788. The molecule has 4 fully saturated rings. The fourth-order valence-corrected chi connectivity index (χ4v) is 9.78. The Morgan fingerprint density at radius 3 is 2.54 bits per heavy atom. The van der Waals surface area contributed by atoms with E-state index in [9.17, 15) is 25.2 Å². The Labute approximate surface area is 243 Å². The van der Waals surface area contributed by atoms with Crippen molar-refractivity contribution in [2.75, 3.05) is 0 Å². The molecule has 6 rings (SSSR count). The molecule has 5 aliphatic rings. The number of hydrogen-bond acceptors (Lipinski definition) is 7. The van der Waals surface area contributed by atoms with E-state index < -0.39 is 36.3 Å².